The fraction of sp³-hybridized carbons (Fsp3) is 0.300. The molecule has 1 N–H and O–H groups in total. The van der Waals surface area contributed by atoms with Crippen molar-refractivity contribution in [3.05, 3.63) is 28.4 Å². The molecule has 1 aromatic heterocycles. The quantitative estimate of drug-likeness (QED) is 0.636. The number of imide groups is 1. The van der Waals surface area contributed by atoms with Gasteiger partial charge in [0.15, 0.2) is 0 Å². The normalized spacial score (nSPS) is 14.8. The van der Waals surface area contributed by atoms with E-state index in [1.54, 1.807) is 0 Å². The number of anilines is 1. The first-order valence-electron chi connectivity index (χ1n) is 5.39. The van der Waals surface area contributed by atoms with E-state index < -0.39 is 4.92 Å². The first-order valence-corrected chi connectivity index (χ1v) is 6.38. The Bertz CT molecular complexity index is 503. The zero-order chi connectivity index (χ0) is 13.8. The van der Waals surface area contributed by atoms with E-state index in [9.17, 15) is 19.7 Å². The summed E-state index contributed by atoms with van der Waals surface area (Å²) >= 11 is 0.984. The number of thioether (sulfide) groups is 1. The Balaban J connectivity index is 1.84. The summed E-state index contributed by atoms with van der Waals surface area (Å²) in [5, 5.41) is 13.1. The third-order valence-corrected chi connectivity index (χ3v) is 3.30. The minimum Gasteiger partial charge on any atom is -0.368 e. The van der Waals surface area contributed by atoms with Crippen LogP contribution in [0.5, 0.6) is 0 Å². The van der Waals surface area contributed by atoms with Gasteiger partial charge in [-0.25, -0.2) is 4.98 Å². The summed E-state index contributed by atoms with van der Waals surface area (Å²) in [6.45, 7) is 0.603. The number of hydrogen-bond donors (Lipinski definition) is 1. The van der Waals surface area contributed by atoms with E-state index >= 15 is 0 Å². The SMILES string of the molecule is O=C1CSC(=O)N1CCNc1ccc([N+](=O)[O-])cn1. The third-order valence-electron chi connectivity index (χ3n) is 2.44. The second-order valence-electron chi connectivity index (χ2n) is 3.69. The van der Waals surface area contributed by atoms with Crippen molar-refractivity contribution in [1.29, 1.82) is 0 Å². The second kappa shape index (κ2) is 5.65. The Morgan fingerprint density at radius 3 is 2.79 bits per heavy atom. The molecule has 1 aliphatic heterocycles. The monoisotopic (exact) mass is 282 g/mol. The van der Waals surface area contributed by atoms with Crippen LogP contribution in [0.2, 0.25) is 0 Å². The van der Waals surface area contributed by atoms with Crippen molar-refractivity contribution in [3.63, 3.8) is 0 Å². The van der Waals surface area contributed by atoms with E-state index in [0.717, 1.165) is 18.0 Å². The molecular weight excluding hydrogens is 272 g/mol. The lowest BCUT2D eigenvalue weighted by Gasteiger charge is -2.13. The molecule has 1 aliphatic rings. The van der Waals surface area contributed by atoms with E-state index in [0.29, 0.717) is 12.4 Å². The summed E-state index contributed by atoms with van der Waals surface area (Å²) in [4.78, 5) is 37.5. The van der Waals surface area contributed by atoms with Gasteiger partial charge in [-0.15, -0.1) is 0 Å². The number of hydrogen-bond acceptors (Lipinski definition) is 7. The maximum absolute atomic E-state index is 11.3. The standard InChI is InChI=1S/C10H10N4O4S/c15-9-6-19-10(16)13(9)4-3-11-8-2-1-7(5-12-8)14(17)18/h1-2,5H,3-4,6H2,(H,11,12). The third kappa shape index (κ3) is 3.19. The minimum absolute atomic E-state index is 0.0909. The van der Waals surface area contributed by atoms with Crippen molar-refractivity contribution in [2.75, 3.05) is 24.2 Å². The van der Waals surface area contributed by atoms with Crippen molar-refractivity contribution in [1.82, 2.24) is 9.88 Å². The van der Waals surface area contributed by atoms with Gasteiger partial charge in [0.1, 0.15) is 12.0 Å². The Kier molecular flexibility index (Phi) is 3.95. The molecule has 0 unspecified atom stereocenters. The molecule has 0 saturated carbocycles. The van der Waals surface area contributed by atoms with Crippen LogP contribution in [-0.4, -0.2) is 44.8 Å². The Morgan fingerprint density at radius 1 is 1.47 bits per heavy atom. The van der Waals surface area contributed by atoms with Gasteiger partial charge >= 0.3 is 0 Å². The van der Waals surface area contributed by atoms with Gasteiger partial charge in [0.05, 0.1) is 10.7 Å². The number of nitro groups is 1. The topological polar surface area (TPSA) is 105 Å². The molecule has 2 heterocycles. The lowest BCUT2D eigenvalue weighted by atomic mass is 10.4. The summed E-state index contributed by atoms with van der Waals surface area (Å²) in [6.07, 6.45) is 1.14. The minimum atomic E-state index is -0.532. The zero-order valence-corrected chi connectivity index (χ0v) is 10.6. The van der Waals surface area contributed by atoms with Gasteiger partial charge < -0.3 is 5.32 Å². The zero-order valence-electron chi connectivity index (χ0n) is 9.74. The van der Waals surface area contributed by atoms with Crippen LogP contribution >= 0.6 is 11.8 Å². The fourth-order valence-corrected chi connectivity index (χ4v) is 2.24. The lowest BCUT2D eigenvalue weighted by molar-refractivity contribution is -0.385. The van der Waals surface area contributed by atoms with Gasteiger partial charge in [0, 0.05) is 19.2 Å². The molecule has 0 spiro atoms. The van der Waals surface area contributed by atoms with E-state index in [1.807, 2.05) is 0 Å². The summed E-state index contributed by atoms with van der Waals surface area (Å²) in [5.41, 5.74) is -0.0909. The van der Waals surface area contributed by atoms with Gasteiger partial charge in [-0.3, -0.25) is 24.6 Å². The van der Waals surface area contributed by atoms with Crippen LogP contribution < -0.4 is 5.32 Å². The smallest absolute Gasteiger partial charge is 0.288 e. The summed E-state index contributed by atoms with van der Waals surface area (Å²) in [6, 6.07) is 2.80. The van der Waals surface area contributed by atoms with Crippen molar-refractivity contribution >= 4 is 34.4 Å². The van der Waals surface area contributed by atoms with Crippen LogP contribution in [0.15, 0.2) is 18.3 Å². The Labute approximate surface area is 112 Å². The second-order valence-corrected chi connectivity index (χ2v) is 4.61. The molecule has 0 radical (unpaired) electrons. The van der Waals surface area contributed by atoms with E-state index in [4.69, 9.17) is 0 Å². The van der Waals surface area contributed by atoms with Crippen LogP contribution in [0, 0.1) is 10.1 Å². The average Bonchev–Trinajstić information content (AvgIpc) is 2.71. The maximum atomic E-state index is 11.3. The summed E-state index contributed by atoms with van der Waals surface area (Å²) < 4.78 is 0. The van der Waals surface area contributed by atoms with Gasteiger partial charge in [0.25, 0.3) is 10.9 Å². The maximum Gasteiger partial charge on any atom is 0.288 e. The van der Waals surface area contributed by atoms with E-state index in [-0.39, 0.29) is 29.1 Å². The predicted octanol–water partition coefficient (Wildman–Crippen LogP) is 1.10. The molecule has 0 bridgehead atoms. The molecule has 100 valence electrons. The highest BCUT2D eigenvalue weighted by atomic mass is 32.2. The van der Waals surface area contributed by atoms with Crippen LogP contribution in [0.3, 0.4) is 0 Å². The number of nitrogens with one attached hydrogen (secondary N) is 1. The molecule has 0 aliphatic carbocycles. The molecule has 0 aromatic carbocycles. The Hall–Kier alpha value is -2.16. The van der Waals surface area contributed by atoms with Crippen LogP contribution in [0.25, 0.3) is 0 Å². The average molecular weight is 282 g/mol. The number of aromatic nitrogens is 1. The summed E-state index contributed by atoms with van der Waals surface area (Å²) in [7, 11) is 0. The summed E-state index contributed by atoms with van der Waals surface area (Å²) in [5.74, 6) is 0.444. The van der Waals surface area contributed by atoms with Gasteiger partial charge in [-0.05, 0) is 6.07 Å². The van der Waals surface area contributed by atoms with Crippen molar-refractivity contribution in [2.45, 2.75) is 0 Å². The first kappa shape index (κ1) is 13.3. The molecule has 19 heavy (non-hydrogen) atoms. The van der Waals surface area contributed by atoms with Gasteiger partial charge in [-0.1, -0.05) is 11.8 Å². The number of rotatable bonds is 5. The molecule has 1 saturated heterocycles. The number of carbonyl (C=O) groups excluding carboxylic acids is 2. The fourth-order valence-electron chi connectivity index (χ4n) is 1.49. The van der Waals surface area contributed by atoms with Gasteiger partial charge in [0.2, 0.25) is 5.91 Å². The van der Waals surface area contributed by atoms with Crippen LogP contribution in [0.4, 0.5) is 16.3 Å². The van der Waals surface area contributed by atoms with Crippen molar-refractivity contribution in [2.24, 2.45) is 0 Å². The first-order chi connectivity index (χ1) is 9.08. The van der Waals surface area contributed by atoms with Crippen molar-refractivity contribution < 1.29 is 14.5 Å². The van der Waals surface area contributed by atoms with Gasteiger partial charge in [-0.2, -0.15) is 0 Å². The number of amides is 2. The molecule has 1 fully saturated rings. The van der Waals surface area contributed by atoms with Crippen LogP contribution in [-0.2, 0) is 4.79 Å². The Morgan fingerprint density at radius 2 is 2.26 bits per heavy atom. The molecule has 9 heteroatoms. The van der Waals surface area contributed by atoms with Crippen LogP contribution in [0.1, 0.15) is 0 Å². The largest absolute Gasteiger partial charge is 0.368 e. The number of pyridine rings is 1. The number of carbonyl (C=O) groups is 2. The molecule has 0 atom stereocenters. The highest BCUT2D eigenvalue weighted by molar-refractivity contribution is 8.14. The highest BCUT2D eigenvalue weighted by Gasteiger charge is 2.29. The van der Waals surface area contributed by atoms with Crippen molar-refractivity contribution in [3.8, 4) is 0 Å². The number of nitrogens with zero attached hydrogens (tertiary/aromatic N) is 3. The molecule has 2 rings (SSSR count). The molecule has 1 aromatic rings. The van der Waals surface area contributed by atoms with E-state index in [2.05, 4.69) is 10.3 Å². The predicted molar refractivity (Wildman–Crippen MR) is 68.9 cm³/mol. The molecule has 8 nitrogen and oxygen atoms in total. The highest BCUT2D eigenvalue weighted by Crippen LogP contribution is 2.18. The molecular formula is C10H10N4O4S. The van der Waals surface area contributed by atoms with E-state index in [1.165, 1.54) is 17.0 Å². The lowest BCUT2D eigenvalue weighted by Crippen LogP contribution is -2.33. The molecule has 2 amide bonds.